The van der Waals surface area contributed by atoms with Crippen molar-refractivity contribution in [2.75, 3.05) is 19.7 Å². The number of halogens is 3. The third kappa shape index (κ3) is 5.98. The van der Waals surface area contributed by atoms with E-state index in [2.05, 4.69) is 20.7 Å². The van der Waals surface area contributed by atoms with E-state index in [4.69, 9.17) is 4.74 Å². The third-order valence-electron chi connectivity index (χ3n) is 3.51. The molecule has 142 valence electrons. The fourth-order valence-corrected chi connectivity index (χ4v) is 2.14. The van der Waals surface area contributed by atoms with Gasteiger partial charge < -0.3 is 15.4 Å². The Bertz CT molecular complexity index is 710. The van der Waals surface area contributed by atoms with Gasteiger partial charge in [-0.25, -0.2) is 4.99 Å². The predicted molar refractivity (Wildman–Crippen MR) is 93.0 cm³/mol. The van der Waals surface area contributed by atoms with Crippen molar-refractivity contribution in [2.45, 2.75) is 19.6 Å². The second-order valence-corrected chi connectivity index (χ2v) is 5.44. The molecule has 1 aromatic carbocycles. The number of nitrogens with zero attached hydrogens (tertiary/aromatic N) is 3. The molecule has 0 saturated heterocycles. The first kappa shape index (κ1) is 19.6. The molecule has 0 radical (unpaired) electrons. The SMILES string of the molecule is CCNC(=NCc1ccnn1C)NCCOc1ccc(C(F)(F)F)cc1. The molecular weight excluding hydrogens is 347 g/mol. The quantitative estimate of drug-likeness (QED) is 0.447. The average molecular weight is 369 g/mol. The van der Waals surface area contributed by atoms with Crippen molar-refractivity contribution >= 4 is 5.96 Å². The van der Waals surface area contributed by atoms with Crippen LogP contribution in [0.3, 0.4) is 0 Å². The van der Waals surface area contributed by atoms with Crippen LogP contribution in [0.25, 0.3) is 0 Å². The van der Waals surface area contributed by atoms with Gasteiger partial charge in [0.1, 0.15) is 12.4 Å². The highest BCUT2D eigenvalue weighted by atomic mass is 19.4. The Kier molecular flexibility index (Phi) is 6.88. The topological polar surface area (TPSA) is 63.5 Å². The summed E-state index contributed by atoms with van der Waals surface area (Å²) in [5.41, 5.74) is 0.280. The van der Waals surface area contributed by atoms with Crippen LogP contribution in [0, 0.1) is 0 Å². The van der Waals surface area contributed by atoms with Gasteiger partial charge in [0.15, 0.2) is 5.96 Å². The number of aryl methyl sites for hydroxylation is 1. The van der Waals surface area contributed by atoms with Crippen molar-refractivity contribution in [2.24, 2.45) is 12.0 Å². The molecule has 2 aromatic rings. The number of hydrogen-bond acceptors (Lipinski definition) is 3. The first-order valence-electron chi connectivity index (χ1n) is 8.19. The molecule has 0 amide bonds. The fourth-order valence-electron chi connectivity index (χ4n) is 2.14. The standard InChI is InChI=1S/C17H22F3N5O/c1-3-21-16(23-12-14-8-9-24-25(14)2)22-10-11-26-15-6-4-13(5-7-15)17(18,19)20/h4-9H,3,10-12H2,1-2H3,(H2,21,22,23). The number of hydrogen-bond donors (Lipinski definition) is 2. The number of aliphatic imine (C=N–C) groups is 1. The Labute approximate surface area is 150 Å². The lowest BCUT2D eigenvalue weighted by Crippen LogP contribution is -2.39. The van der Waals surface area contributed by atoms with Crippen LogP contribution in [0.4, 0.5) is 13.2 Å². The molecule has 0 spiro atoms. The maximum atomic E-state index is 12.5. The number of ether oxygens (including phenoxy) is 1. The summed E-state index contributed by atoms with van der Waals surface area (Å²) in [6, 6.07) is 6.51. The van der Waals surface area contributed by atoms with Crippen LogP contribution in [0.15, 0.2) is 41.5 Å². The van der Waals surface area contributed by atoms with E-state index in [-0.39, 0.29) is 0 Å². The first-order chi connectivity index (χ1) is 12.4. The van der Waals surface area contributed by atoms with Crippen LogP contribution in [-0.4, -0.2) is 35.4 Å². The van der Waals surface area contributed by atoms with E-state index in [0.717, 1.165) is 17.8 Å². The second kappa shape index (κ2) is 9.12. The normalized spacial score (nSPS) is 12.1. The molecule has 0 bridgehead atoms. The Morgan fingerprint density at radius 1 is 1.19 bits per heavy atom. The lowest BCUT2D eigenvalue weighted by molar-refractivity contribution is -0.137. The summed E-state index contributed by atoms with van der Waals surface area (Å²) in [6.45, 7) is 3.89. The van der Waals surface area contributed by atoms with Gasteiger partial charge in [0.05, 0.1) is 24.3 Å². The van der Waals surface area contributed by atoms with E-state index in [1.165, 1.54) is 12.1 Å². The van der Waals surface area contributed by atoms with Crippen molar-refractivity contribution in [3.8, 4) is 5.75 Å². The molecule has 0 aliphatic rings. The maximum Gasteiger partial charge on any atom is 0.416 e. The van der Waals surface area contributed by atoms with Crippen molar-refractivity contribution in [3.63, 3.8) is 0 Å². The molecule has 26 heavy (non-hydrogen) atoms. The van der Waals surface area contributed by atoms with E-state index < -0.39 is 11.7 Å². The van der Waals surface area contributed by atoms with Crippen molar-refractivity contribution in [1.29, 1.82) is 0 Å². The summed E-state index contributed by atoms with van der Waals surface area (Å²) in [7, 11) is 1.85. The van der Waals surface area contributed by atoms with Gasteiger partial charge in [0.2, 0.25) is 0 Å². The van der Waals surface area contributed by atoms with Crippen LogP contribution in [-0.2, 0) is 19.8 Å². The van der Waals surface area contributed by atoms with Gasteiger partial charge in [0.25, 0.3) is 0 Å². The number of nitrogens with one attached hydrogen (secondary N) is 2. The van der Waals surface area contributed by atoms with E-state index in [9.17, 15) is 13.2 Å². The molecule has 6 nitrogen and oxygen atoms in total. The summed E-state index contributed by atoms with van der Waals surface area (Å²) in [5.74, 6) is 1.02. The zero-order chi connectivity index (χ0) is 19.0. The van der Waals surface area contributed by atoms with Crippen LogP contribution in [0.1, 0.15) is 18.2 Å². The third-order valence-corrected chi connectivity index (χ3v) is 3.51. The summed E-state index contributed by atoms with van der Waals surface area (Å²) >= 11 is 0. The average Bonchev–Trinajstić information content (AvgIpc) is 3.01. The van der Waals surface area contributed by atoms with E-state index in [1.54, 1.807) is 10.9 Å². The Morgan fingerprint density at radius 3 is 2.50 bits per heavy atom. The largest absolute Gasteiger partial charge is 0.492 e. The van der Waals surface area contributed by atoms with E-state index in [1.807, 2.05) is 20.0 Å². The lowest BCUT2D eigenvalue weighted by Gasteiger charge is -2.12. The number of alkyl halides is 3. The smallest absolute Gasteiger partial charge is 0.416 e. The number of guanidine groups is 1. The number of aromatic nitrogens is 2. The molecule has 0 fully saturated rings. The van der Waals surface area contributed by atoms with E-state index in [0.29, 0.717) is 38.0 Å². The Morgan fingerprint density at radius 2 is 1.92 bits per heavy atom. The molecule has 0 unspecified atom stereocenters. The monoisotopic (exact) mass is 369 g/mol. The molecule has 0 aliphatic heterocycles. The van der Waals surface area contributed by atoms with Crippen LogP contribution < -0.4 is 15.4 Å². The Balaban J connectivity index is 1.79. The van der Waals surface area contributed by atoms with Crippen LogP contribution in [0.2, 0.25) is 0 Å². The highest BCUT2D eigenvalue weighted by Crippen LogP contribution is 2.30. The molecule has 0 saturated carbocycles. The van der Waals surface area contributed by atoms with Gasteiger partial charge >= 0.3 is 6.18 Å². The van der Waals surface area contributed by atoms with Crippen molar-refractivity contribution in [1.82, 2.24) is 20.4 Å². The van der Waals surface area contributed by atoms with Gasteiger partial charge in [-0.1, -0.05) is 0 Å². The van der Waals surface area contributed by atoms with Gasteiger partial charge in [0, 0.05) is 19.8 Å². The maximum absolute atomic E-state index is 12.5. The summed E-state index contributed by atoms with van der Waals surface area (Å²) in [6.07, 6.45) is -2.63. The number of rotatable bonds is 7. The fraction of sp³-hybridized carbons (Fsp3) is 0.412. The summed E-state index contributed by atoms with van der Waals surface area (Å²) < 4.78 is 44.7. The van der Waals surface area contributed by atoms with Crippen LogP contribution >= 0.6 is 0 Å². The molecule has 2 N–H and O–H groups in total. The van der Waals surface area contributed by atoms with Crippen molar-refractivity contribution < 1.29 is 17.9 Å². The lowest BCUT2D eigenvalue weighted by atomic mass is 10.2. The molecule has 9 heteroatoms. The molecular formula is C17H22F3N5O. The molecule has 0 aliphatic carbocycles. The predicted octanol–water partition coefficient (Wildman–Crippen LogP) is 2.57. The van der Waals surface area contributed by atoms with Gasteiger partial charge in [-0.15, -0.1) is 0 Å². The molecule has 2 rings (SSSR count). The van der Waals surface area contributed by atoms with Crippen molar-refractivity contribution in [3.05, 3.63) is 47.8 Å². The minimum Gasteiger partial charge on any atom is -0.492 e. The molecule has 1 heterocycles. The van der Waals surface area contributed by atoms with Gasteiger partial charge in [-0.05, 0) is 37.3 Å². The highest BCUT2D eigenvalue weighted by Gasteiger charge is 2.29. The Hall–Kier alpha value is -2.71. The zero-order valence-corrected chi connectivity index (χ0v) is 14.7. The van der Waals surface area contributed by atoms with Crippen LogP contribution in [0.5, 0.6) is 5.75 Å². The highest BCUT2D eigenvalue weighted by molar-refractivity contribution is 5.79. The second-order valence-electron chi connectivity index (χ2n) is 5.44. The molecule has 1 aromatic heterocycles. The van der Waals surface area contributed by atoms with E-state index >= 15 is 0 Å². The minimum atomic E-state index is -4.34. The van der Waals surface area contributed by atoms with Gasteiger partial charge in [-0.2, -0.15) is 18.3 Å². The zero-order valence-electron chi connectivity index (χ0n) is 14.7. The minimum absolute atomic E-state index is 0.293. The summed E-state index contributed by atoms with van der Waals surface area (Å²) in [5, 5.41) is 10.3. The molecule has 0 atom stereocenters. The summed E-state index contributed by atoms with van der Waals surface area (Å²) in [4.78, 5) is 4.45. The first-order valence-corrected chi connectivity index (χ1v) is 8.19. The van der Waals surface area contributed by atoms with Gasteiger partial charge in [-0.3, -0.25) is 4.68 Å². The number of benzene rings is 1.